The van der Waals surface area contributed by atoms with Gasteiger partial charge in [0.05, 0.1) is 24.6 Å². The largest absolute Gasteiger partial charge is 0.439 e. The minimum absolute atomic E-state index is 0.0115. The van der Waals surface area contributed by atoms with Gasteiger partial charge in [-0.05, 0) is 24.7 Å². The van der Waals surface area contributed by atoms with E-state index in [1.165, 1.54) is 4.90 Å². The molecule has 0 spiro atoms. The number of oxazole rings is 1. The first-order valence-corrected chi connectivity index (χ1v) is 11.1. The van der Waals surface area contributed by atoms with Crippen LogP contribution in [-0.2, 0) is 16.1 Å². The molecule has 2 fully saturated rings. The van der Waals surface area contributed by atoms with Gasteiger partial charge in [-0.15, -0.1) is 0 Å². The van der Waals surface area contributed by atoms with Crippen LogP contribution in [0.2, 0.25) is 0 Å². The molecule has 32 heavy (non-hydrogen) atoms. The van der Waals surface area contributed by atoms with Gasteiger partial charge in [-0.25, -0.2) is 4.98 Å². The third kappa shape index (κ3) is 3.70. The van der Waals surface area contributed by atoms with E-state index < -0.39 is 0 Å². The van der Waals surface area contributed by atoms with Crippen LogP contribution in [0.15, 0.2) is 58.1 Å². The third-order valence-electron chi connectivity index (χ3n) is 6.66. The van der Waals surface area contributed by atoms with Gasteiger partial charge in [-0.2, -0.15) is 0 Å². The number of aliphatic imine (C=N–C) groups is 1. The smallest absolute Gasteiger partial charge is 0.233 e. The number of carbonyl (C=O) groups is 2. The highest BCUT2D eigenvalue weighted by atomic mass is 16.4. The Balaban J connectivity index is 1.07. The molecule has 3 aliphatic rings. The molecular formula is C24H27N5O3. The Kier molecular flexibility index (Phi) is 5.51. The van der Waals surface area contributed by atoms with Gasteiger partial charge >= 0.3 is 0 Å². The van der Waals surface area contributed by atoms with E-state index in [2.05, 4.69) is 32.8 Å². The topological polar surface area (TPSA) is 99.8 Å². The van der Waals surface area contributed by atoms with Gasteiger partial charge in [-0.3, -0.25) is 19.5 Å². The van der Waals surface area contributed by atoms with Crippen LogP contribution in [0.4, 0.5) is 0 Å². The van der Waals surface area contributed by atoms with E-state index >= 15 is 0 Å². The number of nitrogens with zero attached hydrogens (tertiary/aromatic N) is 3. The molecule has 4 atom stereocenters. The molecule has 0 radical (unpaired) electrons. The number of amides is 2. The highest BCUT2D eigenvalue weighted by Gasteiger charge is 2.58. The lowest BCUT2D eigenvalue weighted by Crippen LogP contribution is -2.39. The van der Waals surface area contributed by atoms with E-state index in [0.717, 1.165) is 17.7 Å². The molecule has 1 aromatic carbocycles. The number of hydrogen-bond acceptors (Lipinski definition) is 5. The number of likely N-dealkylation sites (tertiary alicyclic amines) is 1. The predicted molar refractivity (Wildman–Crippen MR) is 119 cm³/mol. The van der Waals surface area contributed by atoms with E-state index in [1.54, 1.807) is 13.2 Å². The SMILES string of the molecule is CN=C(NCCCN1C(=O)C2C3C=CC(C3)C2C1=O)NCc1ncc(-c2ccccc2)o1. The lowest BCUT2D eigenvalue weighted by atomic mass is 9.85. The Hall–Kier alpha value is -3.42. The number of guanidine groups is 1. The van der Waals surface area contributed by atoms with Gasteiger partial charge in [0.15, 0.2) is 11.7 Å². The van der Waals surface area contributed by atoms with Crippen LogP contribution in [0.25, 0.3) is 11.3 Å². The fourth-order valence-electron chi connectivity index (χ4n) is 5.14. The molecule has 1 saturated heterocycles. The second-order valence-corrected chi connectivity index (χ2v) is 8.52. The first-order valence-electron chi connectivity index (χ1n) is 11.1. The third-order valence-corrected chi connectivity index (χ3v) is 6.66. The van der Waals surface area contributed by atoms with E-state index in [9.17, 15) is 9.59 Å². The molecule has 2 amide bonds. The maximum Gasteiger partial charge on any atom is 0.233 e. The zero-order valence-electron chi connectivity index (χ0n) is 18.0. The van der Waals surface area contributed by atoms with Crippen molar-refractivity contribution in [3.05, 3.63) is 54.6 Å². The Labute approximate surface area is 186 Å². The predicted octanol–water partition coefficient (Wildman–Crippen LogP) is 2.20. The van der Waals surface area contributed by atoms with Crippen LogP contribution in [0.1, 0.15) is 18.7 Å². The van der Waals surface area contributed by atoms with Crippen molar-refractivity contribution < 1.29 is 14.0 Å². The van der Waals surface area contributed by atoms with Crippen molar-refractivity contribution in [3.8, 4) is 11.3 Å². The molecule has 2 aromatic rings. The van der Waals surface area contributed by atoms with Crippen molar-refractivity contribution in [1.29, 1.82) is 0 Å². The number of imide groups is 1. The summed E-state index contributed by atoms with van der Waals surface area (Å²) in [6.07, 6.45) is 7.58. The molecule has 2 N–H and O–H groups in total. The standard InChI is InChI=1S/C24H27N5O3/c1-25-24(28-14-19-27-13-18(32-19)15-6-3-2-4-7-15)26-10-5-11-29-22(30)20-16-8-9-17(12-16)21(20)23(29)31/h2-4,6-9,13,16-17,20-21H,5,10-12,14H2,1H3,(H2,25,26,28). The van der Waals surface area contributed by atoms with E-state index in [1.807, 2.05) is 30.3 Å². The van der Waals surface area contributed by atoms with Crippen molar-refractivity contribution in [2.75, 3.05) is 20.1 Å². The molecule has 8 heteroatoms. The van der Waals surface area contributed by atoms with Gasteiger partial charge in [-0.1, -0.05) is 42.5 Å². The zero-order chi connectivity index (χ0) is 22.1. The maximum absolute atomic E-state index is 12.7. The molecule has 1 saturated carbocycles. The van der Waals surface area contributed by atoms with Gasteiger partial charge in [0.2, 0.25) is 17.7 Å². The summed E-state index contributed by atoms with van der Waals surface area (Å²) in [5, 5.41) is 6.40. The maximum atomic E-state index is 12.7. The summed E-state index contributed by atoms with van der Waals surface area (Å²) < 4.78 is 5.80. The second-order valence-electron chi connectivity index (χ2n) is 8.52. The van der Waals surface area contributed by atoms with E-state index in [4.69, 9.17) is 4.42 Å². The van der Waals surface area contributed by atoms with Crippen LogP contribution in [0.5, 0.6) is 0 Å². The van der Waals surface area contributed by atoms with Gasteiger partial charge in [0, 0.05) is 25.7 Å². The van der Waals surface area contributed by atoms with Crippen LogP contribution in [0, 0.1) is 23.7 Å². The van der Waals surface area contributed by atoms with Crippen molar-refractivity contribution in [2.45, 2.75) is 19.4 Å². The summed E-state index contributed by atoms with van der Waals surface area (Å²) in [4.78, 5) is 35.5. The fraction of sp³-hybridized carbons (Fsp3) is 0.417. The molecule has 2 heterocycles. The lowest BCUT2D eigenvalue weighted by molar-refractivity contribution is -0.140. The average Bonchev–Trinajstić information content (AvgIpc) is 3.60. The quantitative estimate of drug-likeness (QED) is 0.228. The molecule has 2 bridgehead atoms. The monoisotopic (exact) mass is 433 g/mol. The Bertz CT molecular complexity index is 1030. The first kappa shape index (κ1) is 20.5. The minimum atomic E-state index is -0.124. The van der Waals surface area contributed by atoms with Crippen molar-refractivity contribution in [1.82, 2.24) is 20.5 Å². The number of fused-ring (bicyclic) bond motifs is 5. The van der Waals surface area contributed by atoms with Gasteiger partial charge in [0.25, 0.3) is 0 Å². The Morgan fingerprint density at radius 2 is 1.84 bits per heavy atom. The normalized spacial score (nSPS) is 26.2. The number of hydrogen-bond donors (Lipinski definition) is 2. The summed E-state index contributed by atoms with van der Waals surface area (Å²) in [7, 11) is 1.69. The summed E-state index contributed by atoms with van der Waals surface area (Å²) in [6, 6.07) is 9.82. The highest BCUT2D eigenvalue weighted by molar-refractivity contribution is 6.06. The van der Waals surface area contributed by atoms with Gasteiger partial charge in [0.1, 0.15) is 0 Å². The number of rotatable bonds is 7. The molecule has 4 unspecified atom stereocenters. The van der Waals surface area contributed by atoms with Crippen LogP contribution >= 0.6 is 0 Å². The number of nitrogens with one attached hydrogen (secondary N) is 2. The average molecular weight is 434 g/mol. The molecule has 166 valence electrons. The molecule has 1 aliphatic heterocycles. The van der Waals surface area contributed by atoms with Crippen LogP contribution < -0.4 is 10.6 Å². The molecular weight excluding hydrogens is 406 g/mol. The Morgan fingerprint density at radius 3 is 2.53 bits per heavy atom. The number of allylic oxidation sites excluding steroid dienone is 2. The van der Waals surface area contributed by atoms with Crippen molar-refractivity contribution >= 4 is 17.8 Å². The lowest BCUT2D eigenvalue weighted by Gasteiger charge is -2.17. The van der Waals surface area contributed by atoms with Gasteiger partial charge < -0.3 is 15.1 Å². The summed E-state index contributed by atoms with van der Waals surface area (Å²) >= 11 is 0. The van der Waals surface area contributed by atoms with E-state index in [0.29, 0.717) is 37.9 Å². The zero-order valence-corrected chi connectivity index (χ0v) is 18.0. The molecule has 1 aromatic heterocycles. The molecule has 8 nitrogen and oxygen atoms in total. The van der Waals surface area contributed by atoms with Crippen LogP contribution in [-0.4, -0.2) is 47.8 Å². The fourth-order valence-corrected chi connectivity index (χ4v) is 5.14. The summed E-state index contributed by atoms with van der Waals surface area (Å²) in [5.74, 6) is 2.18. The Morgan fingerprint density at radius 1 is 1.12 bits per heavy atom. The number of benzene rings is 1. The molecule has 5 rings (SSSR count). The number of carbonyl (C=O) groups excluding carboxylic acids is 2. The first-order chi connectivity index (χ1) is 15.7. The minimum Gasteiger partial charge on any atom is -0.439 e. The summed E-state index contributed by atoms with van der Waals surface area (Å²) in [6.45, 7) is 1.43. The van der Waals surface area contributed by atoms with Crippen LogP contribution in [0.3, 0.4) is 0 Å². The summed E-state index contributed by atoms with van der Waals surface area (Å²) in [5.41, 5.74) is 0.979. The molecule has 2 aliphatic carbocycles. The number of aromatic nitrogens is 1. The second kappa shape index (κ2) is 8.61. The van der Waals surface area contributed by atoms with Crippen molar-refractivity contribution in [2.24, 2.45) is 28.7 Å². The van der Waals surface area contributed by atoms with E-state index in [-0.39, 0.29) is 35.5 Å². The highest BCUT2D eigenvalue weighted by Crippen LogP contribution is 2.52. The van der Waals surface area contributed by atoms with Crippen molar-refractivity contribution in [3.63, 3.8) is 0 Å².